The molecule has 2 aliphatic rings. The van der Waals surface area contributed by atoms with Gasteiger partial charge in [0.05, 0.1) is 25.9 Å². The van der Waals surface area contributed by atoms with Gasteiger partial charge in [-0.15, -0.1) is 0 Å². The summed E-state index contributed by atoms with van der Waals surface area (Å²) in [6.45, 7) is 6.05. The molecule has 0 bridgehead atoms. The molecule has 0 radical (unpaired) electrons. The lowest BCUT2D eigenvalue weighted by Gasteiger charge is -2.44. The van der Waals surface area contributed by atoms with E-state index >= 15 is 0 Å². The summed E-state index contributed by atoms with van der Waals surface area (Å²) in [6, 6.07) is -0.0419. The molecular weight excluding hydrogens is 256 g/mol. The second kappa shape index (κ2) is 6.87. The van der Waals surface area contributed by atoms with Gasteiger partial charge in [0.15, 0.2) is 0 Å². The summed E-state index contributed by atoms with van der Waals surface area (Å²) >= 11 is 0. The fourth-order valence-corrected chi connectivity index (χ4v) is 3.36. The number of aliphatic hydroxyl groups excluding tert-OH is 1. The van der Waals surface area contributed by atoms with Crippen molar-refractivity contribution in [2.75, 3.05) is 46.5 Å². The number of carbonyl (C=O) groups is 1. The van der Waals surface area contributed by atoms with Crippen molar-refractivity contribution >= 4 is 5.91 Å². The maximum absolute atomic E-state index is 12.7. The van der Waals surface area contributed by atoms with E-state index < -0.39 is 0 Å². The number of carbonyl (C=O) groups excluding carboxylic acids is 1. The fraction of sp³-hybridized carbons (Fsp3) is 0.933. The lowest BCUT2D eigenvalue weighted by atomic mass is 9.69. The van der Waals surface area contributed by atoms with Crippen LogP contribution in [0.15, 0.2) is 0 Å². The van der Waals surface area contributed by atoms with Crippen LogP contribution in [0.2, 0.25) is 0 Å². The smallest absolute Gasteiger partial charge is 0.239 e. The van der Waals surface area contributed by atoms with E-state index in [2.05, 4.69) is 11.8 Å². The molecule has 1 aliphatic carbocycles. The molecule has 116 valence electrons. The molecule has 0 spiro atoms. The predicted molar refractivity (Wildman–Crippen MR) is 77.5 cm³/mol. The Morgan fingerprint density at radius 2 is 2.05 bits per heavy atom. The number of likely N-dealkylation sites (N-methyl/N-ethyl adjacent to an activating group) is 1. The van der Waals surface area contributed by atoms with Gasteiger partial charge in [-0.2, -0.15) is 0 Å². The minimum absolute atomic E-state index is 0.0340. The van der Waals surface area contributed by atoms with Gasteiger partial charge in [0, 0.05) is 32.1 Å². The normalized spacial score (nSPS) is 23.9. The third-order valence-corrected chi connectivity index (χ3v) is 4.86. The van der Waals surface area contributed by atoms with Crippen LogP contribution in [0.1, 0.15) is 32.6 Å². The molecule has 5 heteroatoms. The number of aliphatic hydroxyl groups is 1. The molecule has 5 nitrogen and oxygen atoms in total. The summed E-state index contributed by atoms with van der Waals surface area (Å²) in [5.41, 5.74) is -0.0340. The van der Waals surface area contributed by atoms with Gasteiger partial charge >= 0.3 is 0 Å². The zero-order chi connectivity index (χ0) is 14.6. The molecule has 0 aromatic heterocycles. The molecule has 1 atom stereocenters. The molecule has 1 N–H and O–H groups in total. The van der Waals surface area contributed by atoms with Crippen LogP contribution in [0.25, 0.3) is 0 Å². The summed E-state index contributed by atoms with van der Waals surface area (Å²) in [5.74, 6) is 0.189. The van der Waals surface area contributed by atoms with Crippen molar-refractivity contribution in [2.24, 2.45) is 5.41 Å². The predicted octanol–water partition coefficient (Wildman–Crippen LogP) is 0.718. The van der Waals surface area contributed by atoms with Crippen LogP contribution < -0.4 is 0 Å². The molecule has 1 heterocycles. The van der Waals surface area contributed by atoms with Crippen LogP contribution in [0.5, 0.6) is 0 Å². The zero-order valence-electron chi connectivity index (χ0n) is 12.8. The van der Waals surface area contributed by atoms with E-state index in [9.17, 15) is 9.90 Å². The van der Waals surface area contributed by atoms with E-state index in [1.54, 1.807) is 0 Å². The Labute approximate surface area is 121 Å². The number of amides is 1. The number of morpholine rings is 1. The number of ether oxygens (including phenoxy) is 1. The first-order valence-corrected chi connectivity index (χ1v) is 7.79. The molecule has 0 aromatic carbocycles. The van der Waals surface area contributed by atoms with Crippen molar-refractivity contribution in [1.82, 2.24) is 9.80 Å². The number of hydrogen-bond donors (Lipinski definition) is 1. The zero-order valence-corrected chi connectivity index (χ0v) is 12.8. The molecule has 1 saturated heterocycles. The lowest BCUT2D eigenvalue weighted by Crippen LogP contribution is -2.54. The Hall–Kier alpha value is -0.650. The van der Waals surface area contributed by atoms with Crippen molar-refractivity contribution in [3.63, 3.8) is 0 Å². The van der Waals surface area contributed by atoms with Gasteiger partial charge in [0.1, 0.15) is 0 Å². The molecule has 20 heavy (non-hydrogen) atoms. The number of nitrogens with zero attached hydrogens (tertiary/aromatic N) is 2. The van der Waals surface area contributed by atoms with Crippen LogP contribution in [-0.2, 0) is 9.53 Å². The highest BCUT2D eigenvalue weighted by Crippen LogP contribution is 2.40. The minimum Gasteiger partial charge on any atom is -0.396 e. The van der Waals surface area contributed by atoms with Crippen molar-refractivity contribution < 1.29 is 14.6 Å². The van der Waals surface area contributed by atoms with Crippen LogP contribution in [0.3, 0.4) is 0 Å². The van der Waals surface area contributed by atoms with Gasteiger partial charge in [-0.25, -0.2) is 0 Å². The second-order valence-corrected chi connectivity index (χ2v) is 6.28. The van der Waals surface area contributed by atoms with Crippen molar-refractivity contribution in [3.05, 3.63) is 0 Å². The Morgan fingerprint density at radius 1 is 1.40 bits per heavy atom. The summed E-state index contributed by atoms with van der Waals surface area (Å²) in [6.07, 6.45) is 4.07. The first-order valence-electron chi connectivity index (χ1n) is 7.79. The average Bonchev–Trinajstić information content (AvgIpc) is 2.44. The highest BCUT2D eigenvalue weighted by Gasteiger charge is 2.39. The largest absolute Gasteiger partial charge is 0.396 e. The van der Waals surface area contributed by atoms with Gasteiger partial charge < -0.3 is 14.7 Å². The fourth-order valence-electron chi connectivity index (χ4n) is 3.36. The monoisotopic (exact) mass is 284 g/mol. The van der Waals surface area contributed by atoms with Gasteiger partial charge in [0.2, 0.25) is 5.91 Å². The molecule has 1 aliphatic heterocycles. The first-order chi connectivity index (χ1) is 9.62. The number of hydrogen-bond acceptors (Lipinski definition) is 4. The third kappa shape index (κ3) is 3.32. The summed E-state index contributed by atoms with van der Waals surface area (Å²) in [7, 11) is 1.88. The van der Waals surface area contributed by atoms with E-state index in [0.717, 1.165) is 32.4 Å². The van der Waals surface area contributed by atoms with E-state index in [1.807, 2.05) is 11.9 Å². The molecule has 1 saturated carbocycles. The number of rotatable bonds is 6. The lowest BCUT2D eigenvalue weighted by molar-refractivity contribution is -0.140. The van der Waals surface area contributed by atoms with Crippen LogP contribution in [0, 0.1) is 5.41 Å². The topological polar surface area (TPSA) is 53.0 Å². The molecule has 2 rings (SSSR count). The summed E-state index contributed by atoms with van der Waals surface area (Å²) in [5, 5.41) is 9.55. The molecule has 1 amide bonds. The van der Waals surface area contributed by atoms with Crippen molar-refractivity contribution in [1.29, 1.82) is 0 Å². The van der Waals surface area contributed by atoms with E-state index in [1.165, 1.54) is 6.42 Å². The maximum atomic E-state index is 12.7. The van der Waals surface area contributed by atoms with E-state index in [4.69, 9.17) is 4.74 Å². The van der Waals surface area contributed by atoms with Gasteiger partial charge in [0.25, 0.3) is 0 Å². The summed E-state index contributed by atoms with van der Waals surface area (Å²) < 4.78 is 5.36. The van der Waals surface area contributed by atoms with Crippen molar-refractivity contribution in [2.45, 2.75) is 38.6 Å². The standard InChI is InChI=1S/C15H28N2O3/c1-3-13(17-7-9-20-10-8-17)14(19)16(2)11-15(12-18)5-4-6-15/h13,18H,3-12H2,1-2H3/t13-/m1/s1. The van der Waals surface area contributed by atoms with Crippen LogP contribution in [-0.4, -0.2) is 73.4 Å². The first kappa shape index (κ1) is 15.7. The SMILES string of the molecule is CC[C@H](C(=O)N(C)CC1(CO)CCC1)N1CCOCC1. The van der Waals surface area contributed by atoms with Gasteiger partial charge in [-0.05, 0) is 19.3 Å². The Balaban J connectivity index is 1.93. The van der Waals surface area contributed by atoms with Crippen LogP contribution in [0.4, 0.5) is 0 Å². The highest BCUT2D eigenvalue weighted by molar-refractivity contribution is 5.81. The molecule has 0 unspecified atom stereocenters. The Bertz CT molecular complexity index is 320. The second-order valence-electron chi connectivity index (χ2n) is 6.28. The molecular formula is C15H28N2O3. The van der Waals surface area contributed by atoms with Gasteiger partial charge in [-0.3, -0.25) is 9.69 Å². The molecule has 0 aromatic rings. The minimum atomic E-state index is -0.0419. The maximum Gasteiger partial charge on any atom is 0.239 e. The van der Waals surface area contributed by atoms with E-state index in [0.29, 0.717) is 19.8 Å². The van der Waals surface area contributed by atoms with Gasteiger partial charge in [-0.1, -0.05) is 13.3 Å². The Kier molecular flexibility index (Phi) is 5.41. The highest BCUT2D eigenvalue weighted by atomic mass is 16.5. The third-order valence-electron chi connectivity index (χ3n) is 4.86. The average molecular weight is 284 g/mol. The Morgan fingerprint density at radius 3 is 2.50 bits per heavy atom. The molecule has 2 fully saturated rings. The quantitative estimate of drug-likeness (QED) is 0.781. The summed E-state index contributed by atoms with van der Waals surface area (Å²) in [4.78, 5) is 16.7. The van der Waals surface area contributed by atoms with Crippen molar-refractivity contribution in [3.8, 4) is 0 Å². The van der Waals surface area contributed by atoms with E-state index in [-0.39, 0.29) is 24.0 Å². The van der Waals surface area contributed by atoms with Crippen LogP contribution >= 0.6 is 0 Å².